The number of hydrogen-bond donors (Lipinski definition) is 3. The largest absolute Gasteiger partial charge is 0.391 e. The number of hydrogen-bond acceptors (Lipinski definition) is 5. The maximum atomic E-state index is 11.2. The van der Waals surface area contributed by atoms with Gasteiger partial charge in [-0.25, -0.2) is 4.98 Å². The van der Waals surface area contributed by atoms with Crippen molar-refractivity contribution in [3.8, 4) is 0 Å². The first-order valence-electron chi connectivity index (χ1n) is 5.15. The Morgan fingerprint density at radius 2 is 2.35 bits per heavy atom. The average Bonchev–Trinajstić information content (AvgIpc) is 2.33. The van der Waals surface area contributed by atoms with Crippen LogP contribution in [0.3, 0.4) is 0 Å². The Balaban J connectivity index is 2.16. The van der Waals surface area contributed by atoms with E-state index in [4.69, 9.17) is 5.73 Å². The molecule has 0 spiro atoms. The van der Waals surface area contributed by atoms with Gasteiger partial charge in [0.1, 0.15) is 5.69 Å². The minimum atomic E-state index is -0.339. The number of aryl methyl sites for hydroxylation is 1. The number of H-pyrrole nitrogens is 1. The first-order valence-corrected chi connectivity index (χ1v) is 5.15. The lowest BCUT2D eigenvalue weighted by Gasteiger charge is -2.08. The van der Waals surface area contributed by atoms with Gasteiger partial charge < -0.3 is 16.0 Å². The van der Waals surface area contributed by atoms with Crippen LogP contribution in [0, 0.1) is 6.92 Å². The summed E-state index contributed by atoms with van der Waals surface area (Å²) in [6.07, 6.45) is 4.82. The third kappa shape index (κ3) is 2.41. The third-order valence-electron chi connectivity index (χ3n) is 2.47. The molecule has 2 aromatic rings. The van der Waals surface area contributed by atoms with Crippen LogP contribution in [0.2, 0.25) is 0 Å². The Bertz CT molecular complexity index is 578. The number of nitrogens with two attached hydrogens (primary N) is 1. The molecular weight excluding hydrogens is 218 g/mol. The van der Waals surface area contributed by atoms with Gasteiger partial charge in [0.2, 0.25) is 0 Å². The van der Waals surface area contributed by atoms with Gasteiger partial charge in [0.25, 0.3) is 5.56 Å². The lowest BCUT2D eigenvalue weighted by atomic mass is 10.1. The Hall–Kier alpha value is -2.37. The highest BCUT2D eigenvalue weighted by Gasteiger charge is 2.04. The fourth-order valence-corrected chi connectivity index (χ4v) is 1.43. The lowest BCUT2D eigenvalue weighted by Crippen LogP contribution is -2.16. The van der Waals surface area contributed by atoms with Crippen molar-refractivity contribution in [1.29, 1.82) is 0 Å². The van der Waals surface area contributed by atoms with Gasteiger partial charge in [0, 0.05) is 18.9 Å². The molecule has 0 atom stereocenters. The van der Waals surface area contributed by atoms with Crippen molar-refractivity contribution in [3.05, 3.63) is 46.3 Å². The van der Waals surface area contributed by atoms with Gasteiger partial charge >= 0.3 is 0 Å². The Morgan fingerprint density at radius 3 is 3.12 bits per heavy atom. The number of pyridine rings is 1. The van der Waals surface area contributed by atoms with E-state index in [1.165, 1.54) is 6.33 Å². The number of rotatable bonds is 3. The van der Waals surface area contributed by atoms with E-state index in [2.05, 4.69) is 20.3 Å². The summed E-state index contributed by atoms with van der Waals surface area (Å²) >= 11 is 0. The monoisotopic (exact) mass is 231 g/mol. The highest BCUT2D eigenvalue weighted by Crippen LogP contribution is 2.11. The molecular formula is C11H13N5O. The number of aromatic nitrogens is 3. The molecule has 0 saturated carbocycles. The van der Waals surface area contributed by atoms with Crippen LogP contribution in [-0.4, -0.2) is 15.0 Å². The number of aromatic amines is 1. The topological polar surface area (TPSA) is 96.7 Å². The third-order valence-corrected chi connectivity index (χ3v) is 2.47. The summed E-state index contributed by atoms with van der Waals surface area (Å²) in [7, 11) is 0. The van der Waals surface area contributed by atoms with Crippen molar-refractivity contribution in [3.63, 3.8) is 0 Å². The molecule has 0 aliphatic heterocycles. The minimum absolute atomic E-state index is 0.0965. The summed E-state index contributed by atoms with van der Waals surface area (Å²) in [4.78, 5) is 21.6. The molecule has 0 unspecified atom stereocenters. The quantitative estimate of drug-likeness (QED) is 0.721. The molecule has 2 rings (SSSR count). The Labute approximate surface area is 97.9 Å². The van der Waals surface area contributed by atoms with Crippen molar-refractivity contribution in [1.82, 2.24) is 15.0 Å². The molecule has 4 N–H and O–H groups in total. The predicted molar refractivity (Wildman–Crippen MR) is 65.6 cm³/mol. The van der Waals surface area contributed by atoms with Crippen molar-refractivity contribution in [2.24, 2.45) is 0 Å². The van der Waals surface area contributed by atoms with Crippen molar-refractivity contribution in [2.45, 2.75) is 13.5 Å². The molecule has 6 nitrogen and oxygen atoms in total. The SMILES string of the molecule is Cc1cnccc1CNc1nc[nH]c(=O)c1N. The van der Waals surface area contributed by atoms with Crippen LogP contribution in [0.1, 0.15) is 11.1 Å². The van der Waals surface area contributed by atoms with E-state index in [1.54, 1.807) is 12.4 Å². The van der Waals surface area contributed by atoms with Crippen molar-refractivity contribution < 1.29 is 0 Å². The van der Waals surface area contributed by atoms with Gasteiger partial charge in [-0.15, -0.1) is 0 Å². The fourth-order valence-electron chi connectivity index (χ4n) is 1.43. The summed E-state index contributed by atoms with van der Waals surface area (Å²) in [6.45, 7) is 2.52. The molecule has 0 fully saturated rings. The first kappa shape index (κ1) is 11.1. The summed E-state index contributed by atoms with van der Waals surface area (Å²) in [5.74, 6) is 0.393. The highest BCUT2D eigenvalue weighted by molar-refractivity contribution is 5.59. The molecule has 0 aliphatic rings. The van der Waals surface area contributed by atoms with Crippen molar-refractivity contribution in [2.75, 3.05) is 11.1 Å². The zero-order valence-electron chi connectivity index (χ0n) is 9.40. The van der Waals surface area contributed by atoms with Crippen LogP contribution in [0.15, 0.2) is 29.6 Å². The molecule has 6 heteroatoms. The van der Waals surface area contributed by atoms with E-state index >= 15 is 0 Å². The van der Waals surface area contributed by atoms with Gasteiger partial charge in [-0.1, -0.05) is 0 Å². The zero-order chi connectivity index (χ0) is 12.3. The second kappa shape index (κ2) is 4.65. The predicted octanol–water partition coefficient (Wildman–Crippen LogP) is 0.668. The molecule has 0 saturated heterocycles. The molecule has 88 valence electrons. The normalized spacial score (nSPS) is 10.2. The zero-order valence-corrected chi connectivity index (χ0v) is 9.40. The van der Waals surface area contributed by atoms with Gasteiger partial charge in [-0.3, -0.25) is 9.78 Å². The van der Waals surface area contributed by atoms with Gasteiger partial charge in [-0.05, 0) is 24.1 Å². The van der Waals surface area contributed by atoms with Crippen LogP contribution in [-0.2, 0) is 6.54 Å². The van der Waals surface area contributed by atoms with E-state index in [1.807, 2.05) is 13.0 Å². The van der Waals surface area contributed by atoms with E-state index in [0.29, 0.717) is 12.4 Å². The first-order chi connectivity index (χ1) is 8.18. The van der Waals surface area contributed by atoms with Crippen LogP contribution in [0.5, 0.6) is 0 Å². The molecule has 0 amide bonds. The molecule has 2 heterocycles. The number of nitrogen functional groups attached to an aromatic ring is 1. The number of nitrogens with one attached hydrogen (secondary N) is 2. The number of nitrogens with zero attached hydrogens (tertiary/aromatic N) is 2. The molecule has 0 radical (unpaired) electrons. The second-order valence-electron chi connectivity index (χ2n) is 3.65. The molecule has 0 aromatic carbocycles. The Morgan fingerprint density at radius 1 is 1.53 bits per heavy atom. The van der Waals surface area contributed by atoms with Gasteiger partial charge in [0.05, 0.1) is 6.33 Å². The van der Waals surface area contributed by atoms with Crippen LogP contribution in [0.25, 0.3) is 0 Å². The maximum Gasteiger partial charge on any atom is 0.276 e. The molecule has 17 heavy (non-hydrogen) atoms. The van der Waals surface area contributed by atoms with Gasteiger partial charge in [-0.2, -0.15) is 0 Å². The van der Waals surface area contributed by atoms with Gasteiger partial charge in [0.15, 0.2) is 5.82 Å². The molecule has 2 aromatic heterocycles. The average molecular weight is 231 g/mol. The van der Waals surface area contributed by atoms with Crippen LogP contribution < -0.4 is 16.6 Å². The summed E-state index contributed by atoms with van der Waals surface area (Å²) in [5.41, 5.74) is 7.52. The summed E-state index contributed by atoms with van der Waals surface area (Å²) in [6, 6.07) is 1.91. The molecule has 0 bridgehead atoms. The molecule has 0 aliphatic carbocycles. The lowest BCUT2D eigenvalue weighted by molar-refractivity contribution is 1.04. The highest BCUT2D eigenvalue weighted by atomic mass is 16.1. The van der Waals surface area contributed by atoms with E-state index in [0.717, 1.165) is 11.1 Å². The maximum absolute atomic E-state index is 11.2. The summed E-state index contributed by atoms with van der Waals surface area (Å²) in [5, 5.41) is 3.03. The summed E-state index contributed by atoms with van der Waals surface area (Å²) < 4.78 is 0. The van der Waals surface area contributed by atoms with Crippen molar-refractivity contribution >= 4 is 11.5 Å². The van der Waals surface area contributed by atoms with Crippen LogP contribution in [0.4, 0.5) is 11.5 Å². The van der Waals surface area contributed by atoms with Crippen LogP contribution >= 0.6 is 0 Å². The Kier molecular flexibility index (Phi) is 3.04. The second-order valence-corrected chi connectivity index (χ2v) is 3.65. The van der Waals surface area contributed by atoms with E-state index in [-0.39, 0.29) is 11.2 Å². The number of anilines is 2. The standard InChI is InChI=1S/C11H13N5O/c1-7-4-13-3-2-8(7)5-14-10-9(12)11(17)16-6-15-10/h2-4,6H,5,12H2,1H3,(H2,14,15,16,17). The smallest absolute Gasteiger partial charge is 0.276 e. The van der Waals surface area contributed by atoms with E-state index in [9.17, 15) is 4.79 Å². The van der Waals surface area contributed by atoms with E-state index < -0.39 is 0 Å². The minimum Gasteiger partial charge on any atom is -0.391 e. The fraction of sp³-hybridized carbons (Fsp3) is 0.182.